The van der Waals surface area contributed by atoms with E-state index in [0.717, 1.165) is 0 Å². The van der Waals surface area contributed by atoms with Crippen LogP contribution in [0.4, 0.5) is 0 Å². The van der Waals surface area contributed by atoms with Crippen molar-refractivity contribution in [3.8, 4) is 5.88 Å². The maximum atomic E-state index is 12.5. The molecule has 136 valence electrons. The smallest absolute Gasteiger partial charge is 0.262 e. The van der Waals surface area contributed by atoms with Gasteiger partial charge in [0.05, 0.1) is 13.2 Å². The molecule has 27 heavy (non-hydrogen) atoms. The molecular formula is C17H15N7O3. The molecular weight excluding hydrogens is 350 g/mol. The van der Waals surface area contributed by atoms with Gasteiger partial charge in [-0.05, 0) is 25.1 Å². The van der Waals surface area contributed by atoms with Crippen LogP contribution in [-0.4, -0.2) is 42.1 Å². The van der Waals surface area contributed by atoms with Crippen LogP contribution in [0.15, 0.2) is 41.6 Å². The van der Waals surface area contributed by atoms with E-state index in [9.17, 15) is 9.59 Å². The van der Waals surface area contributed by atoms with Gasteiger partial charge in [-0.25, -0.2) is 9.97 Å². The summed E-state index contributed by atoms with van der Waals surface area (Å²) in [6.07, 6.45) is 4.81. The van der Waals surface area contributed by atoms with E-state index in [2.05, 4.69) is 30.5 Å². The number of nitrogens with one attached hydrogen (secondary N) is 2. The van der Waals surface area contributed by atoms with E-state index in [-0.39, 0.29) is 12.1 Å². The number of pyridine rings is 2. The number of hydrogen-bond donors (Lipinski definition) is 2. The average molecular weight is 365 g/mol. The summed E-state index contributed by atoms with van der Waals surface area (Å²) in [6, 6.07) is 5.01. The van der Waals surface area contributed by atoms with Crippen LogP contribution >= 0.6 is 0 Å². The number of hydrogen-bond acceptors (Lipinski definition) is 7. The number of ether oxygens (including phenoxy) is 1. The standard InChI is InChI=1S/C17H15N7O3/c1-2-27-17-14-23-22-12(24(14)7-6-19-17)9-20-15(25)11-8-10-4-3-5-18-13(10)21-16(11)26/h3-8H,2,9H2,1H3,(H,20,25)(H,18,21,26). The molecule has 4 aromatic heterocycles. The second-order valence-corrected chi connectivity index (χ2v) is 5.61. The molecule has 4 aromatic rings. The van der Waals surface area contributed by atoms with Crippen molar-refractivity contribution in [3.05, 3.63) is 58.5 Å². The molecule has 4 heterocycles. The Hall–Kier alpha value is -3.82. The van der Waals surface area contributed by atoms with E-state index >= 15 is 0 Å². The van der Waals surface area contributed by atoms with Gasteiger partial charge in [0.2, 0.25) is 5.65 Å². The minimum Gasteiger partial charge on any atom is -0.475 e. The van der Waals surface area contributed by atoms with Crippen LogP contribution in [0.1, 0.15) is 23.1 Å². The summed E-state index contributed by atoms with van der Waals surface area (Å²) in [5.74, 6) is 0.335. The molecule has 10 heteroatoms. The van der Waals surface area contributed by atoms with Crippen molar-refractivity contribution in [2.75, 3.05) is 6.61 Å². The Morgan fingerprint density at radius 2 is 2.19 bits per heavy atom. The number of aromatic nitrogens is 6. The molecule has 0 aliphatic rings. The first-order chi connectivity index (χ1) is 13.2. The van der Waals surface area contributed by atoms with Crippen molar-refractivity contribution in [3.63, 3.8) is 0 Å². The summed E-state index contributed by atoms with van der Waals surface area (Å²) in [7, 11) is 0. The van der Waals surface area contributed by atoms with Crippen LogP contribution in [0.5, 0.6) is 5.88 Å². The van der Waals surface area contributed by atoms with Gasteiger partial charge in [0.15, 0.2) is 5.82 Å². The zero-order valence-electron chi connectivity index (χ0n) is 14.3. The molecule has 0 saturated heterocycles. The molecule has 10 nitrogen and oxygen atoms in total. The van der Waals surface area contributed by atoms with Gasteiger partial charge < -0.3 is 15.0 Å². The van der Waals surface area contributed by atoms with Crippen molar-refractivity contribution in [1.82, 2.24) is 34.9 Å². The number of fused-ring (bicyclic) bond motifs is 2. The number of aromatic amines is 1. The largest absolute Gasteiger partial charge is 0.475 e. The fourth-order valence-electron chi connectivity index (χ4n) is 2.67. The van der Waals surface area contributed by atoms with Gasteiger partial charge >= 0.3 is 0 Å². The maximum absolute atomic E-state index is 12.5. The molecule has 0 aromatic carbocycles. The van der Waals surface area contributed by atoms with E-state index in [4.69, 9.17) is 4.74 Å². The number of rotatable bonds is 5. The SMILES string of the molecule is CCOc1nccn2c(CNC(=O)c3cc4cccnc4[nH]c3=O)nnc12. The van der Waals surface area contributed by atoms with Gasteiger partial charge in [0.1, 0.15) is 11.2 Å². The quantitative estimate of drug-likeness (QED) is 0.532. The van der Waals surface area contributed by atoms with Crippen molar-refractivity contribution >= 4 is 22.6 Å². The first kappa shape index (κ1) is 16.6. The predicted octanol–water partition coefficient (Wildman–Crippen LogP) is 0.689. The van der Waals surface area contributed by atoms with Gasteiger partial charge in [-0.3, -0.25) is 14.0 Å². The molecule has 0 aliphatic heterocycles. The molecule has 0 bridgehead atoms. The van der Waals surface area contributed by atoms with Crippen LogP contribution in [0.3, 0.4) is 0 Å². The summed E-state index contributed by atoms with van der Waals surface area (Å²) in [5.41, 5.74) is 0.380. The van der Waals surface area contributed by atoms with Crippen LogP contribution in [0.2, 0.25) is 0 Å². The normalized spacial score (nSPS) is 11.0. The first-order valence-corrected chi connectivity index (χ1v) is 8.25. The summed E-state index contributed by atoms with van der Waals surface area (Å²) in [5, 5.41) is 11.5. The molecule has 0 saturated carbocycles. The molecule has 0 atom stereocenters. The minimum atomic E-state index is -0.516. The van der Waals surface area contributed by atoms with Crippen molar-refractivity contribution in [1.29, 1.82) is 0 Å². The van der Waals surface area contributed by atoms with Crippen molar-refractivity contribution in [2.24, 2.45) is 0 Å². The molecule has 0 unspecified atom stereocenters. The number of carbonyl (C=O) groups excluding carboxylic acids is 1. The average Bonchev–Trinajstić information content (AvgIpc) is 3.10. The predicted molar refractivity (Wildman–Crippen MR) is 95.5 cm³/mol. The fraction of sp³-hybridized carbons (Fsp3) is 0.176. The van der Waals surface area contributed by atoms with Gasteiger partial charge in [-0.1, -0.05) is 0 Å². The molecule has 1 amide bonds. The lowest BCUT2D eigenvalue weighted by atomic mass is 10.2. The monoisotopic (exact) mass is 365 g/mol. The maximum Gasteiger partial charge on any atom is 0.262 e. The summed E-state index contributed by atoms with van der Waals surface area (Å²) in [4.78, 5) is 35.4. The fourth-order valence-corrected chi connectivity index (χ4v) is 2.67. The molecule has 0 aliphatic carbocycles. The minimum absolute atomic E-state index is 0.000919. The Morgan fingerprint density at radius 3 is 3.04 bits per heavy atom. The molecule has 0 fully saturated rings. The lowest BCUT2D eigenvalue weighted by molar-refractivity contribution is 0.0948. The molecule has 0 spiro atoms. The highest BCUT2D eigenvalue weighted by Gasteiger charge is 2.15. The van der Waals surface area contributed by atoms with Crippen LogP contribution in [0.25, 0.3) is 16.7 Å². The second kappa shape index (κ2) is 6.83. The Bertz CT molecular complexity index is 1200. The summed E-state index contributed by atoms with van der Waals surface area (Å²) >= 11 is 0. The Kier molecular flexibility index (Phi) is 4.21. The molecule has 2 N–H and O–H groups in total. The number of carbonyl (C=O) groups is 1. The highest BCUT2D eigenvalue weighted by molar-refractivity contribution is 5.96. The molecule has 4 rings (SSSR count). The van der Waals surface area contributed by atoms with Crippen molar-refractivity contribution < 1.29 is 9.53 Å². The third kappa shape index (κ3) is 3.08. The van der Waals surface area contributed by atoms with Gasteiger partial charge in [-0.15, -0.1) is 10.2 Å². The third-order valence-electron chi connectivity index (χ3n) is 3.91. The van der Waals surface area contributed by atoms with Gasteiger partial charge in [-0.2, -0.15) is 0 Å². The van der Waals surface area contributed by atoms with E-state index < -0.39 is 11.5 Å². The lowest BCUT2D eigenvalue weighted by Gasteiger charge is -2.06. The van der Waals surface area contributed by atoms with Gasteiger partial charge in [0, 0.05) is 24.0 Å². The zero-order chi connectivity index (χ0) is 18.8. The van der Waals surface area contributed by atoms with E-state index in [1.165, 1.54) is 6.07 Å². The summed E-state index contributed by atoms with van der Waals surface area (Å²) < 4.78 is 7.08. The second-order valence-electron chi connectivity index (χ2n) is 5.61. The number of nitrogens with zero attached hydrogens (tertiary/aromatic N) is 5. The summed E-state index contributed by atoms with van der Waals surface area (Å²) in [6.45, 7) is 2.38. The Morgan fingerprint density at radius 1 is 1.30 bits per heavy atom. The zero-order valence-corrected chi connectivity index (χ0v) is 14.3. The lowest BCUT2D eigenvalue weighted by Crippen LogP contribution is -2.29. The first-order valence-electron chi connectivity index (χ1n) is 8.25. The van der Waals surface area contributed by atoms with Gasteiger partial charge in [0.25, 0.3) is 17.3 Å². The van der Waals surface area contributed by atoms with Crippen LogP contribution in [0, 0.1) is 0 Å². The number of amides is 1. The number of H-pyrrole nitrogens is 1. The topological polar surface area (TPSA) is 127 Å². The third-order valence-corrected chi connectivity index (χ3v) is 3.91. The highest BCUT2D eigenvalue weighted by Crippen LogP contribution is 2.14. The van der Waals surface area contributed by atoms with E-state index in [1.807, 2.05) is 6.92 Å². The Balaban J connectivity index is 1.58. The molecule has 0 radical (unpaired) electrons. The van der Waals surface area contributed by atoms with Crippen molar-refractivity contribution in [2.45, 2.75) is 13.5 Å². The van der Waals surface area contributed by atoms with E-state index in [0.29, 0.717) is 35.0 Å². The highest BCUT2D eigenvalue weighted by atomic mass is 16.5. The van der Waals surface area contributed by atoms with Crippen LogP contribution in [-0.2, 0) is 6.54 Å². The van der Waals surface area contributed by atoms with Crippen LogP contribution < -0.4 is 15.6 Å². The Labute approximate surface area is 152 Å². The van der Waals surface area contributed by atoms with E-state index in [1.54, 1.807) is 35.1 Å².